The summed E-state index contributed by atoms with van der Waals surface area (Å²) in [4.78, 5) is 5.56. The molecule has 0 saturated carbocycles. The first-order valence-corrected chi connectivity index (χ1v) is 26.9. The third kappa shape index (κ3) is 6.38. The molecule has 2 nitrogen and oxygen atoms in total. The maximum atomic E-state index is 2.80. The van der Waals surface area contributed by atoms with Crippen LogP contribution < -0.4 is 20.6 Å². The topological polar surface area (TPSA) is 6.48 Å². The Morgan fingerprint density at radius 1 is 0.479 bits per heavy atom. The smallest absolute Gasteiger partial charge is 0.333 e. The fraction of sp³-hybridized carbons (Fsp3) is 0.284. The molecule has 2 aliphatic carbocycles. The van der Waals surface area contributed by atoms with E-state index in [1.807, 2.05) is 11.3 Å². The minimum Gasteiger partial charge on any atom is -0.376 e. The van der Waals surface area contributed by atoms with Crippen molar-refractivity contribution in [1.29, 1.82) is 0 Å². The minimum absolute atomic E-state index is 0.0205. The van der Waals surface area contributed by atoms with Gasteiger partial charge in [0.2, 0.25) is 0 Å². The monoisotopic (exact) mass is 940 g/mol. The van der Waals surface area contributed by atoms with Crippen molar-refractivity contribution in [2.24, 2.45) is 0 Å². The number of benzene rings is 8. The average Bonchev–Trinajstić information content (AvgIpc) is 3.84. The summed E-state index contributed by atoms with van der Waals surface area (Å²) in [6.07, 6.45) is 2.32. The van der Waals surface area contributed by atoms with Crippen LogP contribution in [-0.2, 0) is 27.1 Å². The Bertz CT molecular complexity index is 3710. The van der Waals surface area contributed by atoms with Gasteiger partial charge in [-0.1, -0.05) is 174 Å². The maximum Gasteiger partial charge on any atom is 0.333 e. The van der Waals surface area contributed by atoms with Crippen molar-refractivity contribution in [2.75, 3.05) is 9.71 Å². The molecule has 3 heterocycles. The van der Waals surface area contributed by atoms with Crippen molar-refractivity contribution < 1.29 is 0 Å². The van der Waals surface area contributed by atoms with Gasteiger partial charge in [0.1, 0.15) is 0 Å². The van der Waals surface area contributed by atoms with E-state index in [1.54, 1.807) is 0 Å². The van der Waals surface area contributed by atoms with E-state index in [-0.39, 0.29) is 33.9 Å². The standard InChI is InChI=1S/C67H65BN2S/c1-63(2,3)41-26-29-43(30-27-41)70-55-39-52-51(65(7,8)34-35-66(52,9)10)38-47(55)49-37-48-44-22-16-18-24-50(44)67(11,12)59(48)62-60(49)68(70)61-54(32-33-57-58(61)45-23-17-19-25-56(45)71-57)69(62)53-31-28-42(64(4,5)6)36-46(53)40-20-14-13-15-21-40/h13-33,36-39H,34-35H2,1-12H3. The first-order valence-electron chi connectivity index (χ1n) is 26.1. The third-order valence-corrected chi connectivity index (χ3v) is 18.5. The SMILES string of the molecule is CC(C)(C)c1ccc(N2B3c4c(cc5c(c4N(c4ccc(C(C)(C)C)cc4-c4ccccc4)c4ccc6sc7ccccc7c6c43)C(C)(C)c3ccccc3-5)-c3cc4c(cc32)C(C)(C)CCC4(C)C)cc1. The summed E-state index contributed by atoms with van der Waals surface area (Å²) in [6, 6.07) is 59.6. The van der Waals surface area contributed by atoms with Crippen LogP contribution in [0.25, 0.3) is 53.6 Å². The van der Waals surface area contributed by atoms with Crippen molar-refractivity contribution in [1.82, 2.24) is 0 Å². The van der Waals surface area contributed by atoms with E-state index in [0.29, 0.717) is 0 Å². The van der Waals surface area contributed by atoms with Gasteiger partial charge in [0.05, 0.1) is 5.69 Å². The summed E-state index contributed by atoms with van der Waals surface area (Å²) in [5.74, 6) is 0. The molecule has 1 aromatic heterocycles. The number of rotatable bonds is 3. The molecule has 0 radical (unpaired) electrons. The number of hydrogen-bond donors (Lipinski definition) is 0. The third-order valence-electron chi connectivity index (χ3n) is 17.4. The van der Waals surface area contributed by atoms with Gasteiger partial charge in [-0.3, -0.25) is 0 Å². The highest BCUT2D eigenvalue weighted by atomic mass is 32.1. The predicted octanol–water partition coefficient (Wildman–Crippen LogP) is 17.7. The van der Waals surface area contributed by atoms with E-state index < -0.39 is 0 Å². The first-order chi connectivity index (χ1) is 33.7. The van der Waals surface area contributed by atoms with E-state index in [1.165, 1.54) is 126 Å². The van der Waals surface area contributed by atoms with Crippen LogP contribution >= 0.6 is 11.3 Å². The van der Waals surface area contributed by atoms with Crippen LogP contribution in [-0.4, -0.2) is 6.85 Å². The lowest BCUT2D eigenvalue weighted by atomic mass is 9.42. The van der Waals surface area contributed by atoms with E-state index in [0.717, 1.165) is 12.8 Å². The first kappa shape index (κ1) is 44.6. The molecule has 0 N–H and O–H groups in total. The number of thiophene rings is 1. The molecule has 9 aromatic rings. The molecule has 4 aliphatic rings. The van der Waals surface area contributed by atoms with E-state index in [2.05, 4.69) is 244 Å². The van der Waals surface area contributed by atoms with Crippen LogP contribution in [0.15, 0.2) is 152 Å². The van der Waals surface area contributed by atoms with Crippen LogP contribution in [0.5, 0.6) is 0 Å². The molecule has 0 saturated heterocycles. The summed E-state index contributed by atoms with van der Waals surface area (Å²) in [5.41, 5.74) is 25.2. The molecule has 0 bridgehead atoms. The minimum atomic E-state index is -0.296. The molecule has 0 amide bonds. The van der Waals surface area contributed by atoms with Crippen molar-refractivity contribution in [3.63, 3.8) is 0 Å². The normalized spacial score (nSPS) is 16.9. The van der Waals surface area contributed by atoms with Gasteiger partial charge in [-0.05, 0) is 172 Å². The highest BCUT2D eigenvalue weighted by Crippen LogP contribution is 2.60. The van der Waals surface area contributed by atoms with E-state index >= 15 is 0 Å². The van der Waals surface area contributed by atoms with Gasteiger partial charge >= 0.3 is 6.85 Å². The van der Waals surface area contributed by atoms with Crippen molar-refractivity contribution in [3.05, 3.63) is 185 Å². The Labute approximate surface area is 426 Å². The number of anilines is 5. The van der Waals surface area contributed by atoms with Crippen LogP contribution in [0.1, 0.15) is 129 Å². The molecule has 2 aliphatic heterocycles. The van der Waals surface area contributed by atoms with Gasteiger partial charge < -0.3 is 9.71 Å². The molecular weight excluding hydrogens is 876 g/mol. The summed E-state index contributed by atoms with van der Waals surface area (Å²) in [6.45, 7) is 28.8. The Morgan fingerprint density at radius 2 is 1.11 bits per heavy atom. The Morgan fingerprint density at radius 3 is 1.83 bits per heavy atom. The zero-order valence-corrected chi connectivity index (χ0v) is 44.5. The van der Waals surface area contributed by atoms with E-state index in [9.17, 15) is 0 Å². The van der Waals surface area contributed by atoms with Crippen LogP contribution in [0.4, 0.5) is 28.4 Å². The molecule has 352 valence electrons. The van der Waals surface area contributed by atoms with Crippen molar-refractivity contribution >= 4 is 77.7 Å². The van der Waals surface area contributed by atoms with Gasteiger partial charge in [0.15, 0.2) is 0 Å². The molecule has 0 spiro atoms. The van der Waals surface area contributed by atoms with E-state index in [4.69, 9.17) is 0 Å². The van der Waals surface area contributed by atoms with Crippen LogP contribution in [0.3, 0.4) is 0 Å². The zero-order valence-electron chi connectivity index (χ0n) is 43.7. The lowest BCUT2D eigenvalue weighted by Crippen LogP contribution is -2.62. The summed E-state index contributed by atoms with van der Waals surface area (Å²) in [5, 5.41) is 2.70. The Kier molecular flexibility index (Phi) is 9.33. The number of fused-ring (bicyclic) bond motifs is 13. The number of nitrogens with zero attached hydrogens (tertiary/aromatic N) is 2. The second kappa shape index (κ2) is 14.9. The second-order valence-corrected chi connectivity index (χ2v) is 26.3. The fourth-order valence-corrected chi connectivity index (χ4v) is 14.5. The average molecular weight is 941 g/mol. The predicted molar refractivity (Wildman–Crippen MR) is 309 cm³/mol. The summed E-state index contributed by atoms with van der Waals surface area (Å²) >= 11 is 1.93. The van der Waals surface area contributed by atoms with Gasteiger partial charge in [0, 0.05) is 48.7 Å². The molecule has 4 heteroatoms. The molecule has 0 atom stereocenters. The molecule has 0 fully saturated rings. The fourth-order valence-electron chi connectivity index (χ4n) is 13.3. The van der Waals surface area contributed by atoms with Crippen LogP contribution in [0, 0.1) is 0 Å². The lowest BCUT2D eigenvalue weighted by molar-refractivity contribution is 0.332. The highest BCUT2D eigenvalue weighted by molar-refractivity contribution is 7.26. The summed E-state index contributed by atoms with van der Waals surface area (Å²) < 4.78 is 2.66. The summed E-state index contributed by atoms with van der Waals surface area (Å²) in [7, 11) is 0. The number of hydrogen-bond acceptors (Lipinski definition) is 3. The second-order valence-electron chi connectivity index (χ2n) is 25.2. The molecular formula is C67H65BN2S. The maximum absolute atomic E-state index is 2.80. The Hall–Kier alpha value is -6.36. The lowest BCUT2D eigenvalue weighted by Gasteiger charge is -2.49. The molecule has 8 aromatic carbocycles. The molecule has 0 unspecified atom stereocenters. The van der Waals surface area contributed by atoms with Crippen LogP contribution in [0.2, 0.25) is 0 Å². The molecule has 13 rings (SSSR count). The van der Waals surface area contributed by atoms with Gasteiger partial charge in [-0.15, -0.1) is 11.3 Å². The largest absolute Gasteiger partial charge is 0.376 e. The zero-order chi connectivity index (χ0) is 49.3. The quantitative estimate of drug-likeness (QED) is 0.163. The molecule has 71 heavy (non-hydrogen) atoms. The highest BCUT2D eigenvalue weighted by Gasteiger charge is 2.52. The van der Waals surface area contributed by atoms with Crippen molar-refractivity contribution in [3.8, 4) is 33.4 Å². The van der Waals surface area contributed by atoms with Gasteiger partial charge in [-0.2, -0.15) is 0 Å². The van der Waals surface area contributed by atoms with Gasteiger partial charge in [0.25, 0.3) is 0 Å². The Balaban J connectivity index is 1.26. The van der Waals surface area contributed by atoms with Crippen molar-refractivity contribution in [2.45, 2.75) is 123 Å². The van der Waals surface area contributed by atoms with Gasteiger partial charge in [-0.25, -0.2) is 0 Å².